The summed E-state index contributed by atoms with van der Waals surface area (Å²) < 4.78 is 5.15. The summed E-state index contributed by atoms with van der Waals surface area (Å²) in [5.74, 6) is 0.985. The SMILES string of the molecule is COc1ccc(O)c(CNCC2(O)CCCCCC2)c1. The number of aromatic hydroxyl groups is 1. The molecule has 1 fully saturated rings. The predicted octanol–water partition coefficient (Wildman–Crippen LogP) is 2.58. The smallest absolute Gasteiger partial charge is 0.120 e. The molecule has 0 atom stereocenters. The summed E-state index contributed by atoms with van der Waals surface area (Å²) >= 11 is 0. The Kier molecular flexibility index (Phi) is 5.26. The van der Waals surface area contributed by atoms with Crippen molar-refractivity contribution in [3.8, 4) is 11.5 Å². The fraction of sp³-hybridized carbons (Fsp3) is 0.625. The highest BCUT2D eigenvalue weighted by Gasteiger charge is 2.27. The van der Waals surface area contributed by atoms with E-state index in [2.05, 4.69) is 5.32 Å². The summed E-state index contributed by atoms with van der Waals surface area (Å²) in [6.45, 7) is 1.11. The molecular formula is C16H25NO3. The standard InChI is InChI=1S/C16H25NO3/c1-20-14-6-7-15(18)13(10-14)11-17-12-16(19)8-4-2-3-5-9-16/h6-7,10,17-19H,2-5,8-9,11-12H2,1H3. The van der Waals surface area contributed by atoms with Gasteiger partial charge in [0.25, 0.3) is 0 Å². The van der Waals surface area contributed by atoms with Crippen LogP contribution in [0.25, 0.3) is 0 Å². The van der Waals surface area contributed by atoms with Crippen molar-refractivity contribution in [2.45, 2.75) is 50.7 Å². The Bertz CT molecular complexity index is 426. The zero-order valence-corrected chi connectivity index (χ0v) is 12.2. The maximum atomic E-state index is 10.5. The first-order valence-corrected chi connectivity index (χ1v) is 7.42. The molecule has 0 saturated heterocycles. The summed E-state index contributed by atoms with van der Waals surface area (Å²) in [6, 6.07) is 5.19. The number of aliphatic hydroxyl groups is 1. The number of methoxy groups -OCH3 is 1. The highest BCUT2D eigenvalue weighted by atomic mass is 16.5. The van der Waals surface area contributed by atoms with E-state index in [1.165, 1.54) is 12.8 Å². The molecule has 0 aromatic heterocycles. The number of nitrogens with one attached hydrogen (secondary N) is 1. The minimum absolute atomic E-state index is 0.256. The highest BCUT2D eigenvalue weighted by molar-refractivity contribution is 5.39. The minimum atomic E-state index is -0.592. The van der Waals surface area contributed by atoms with Crippen LogP contribution in [0.15, 0.2) is 18.2 Å². The van der Waals surface area contributed by atoms with E-state index < -0.39 is 5.60 Å². The Hall–Kier alpha value is -1.26. The second-order valence-electron chi connectivity index (χ2n) is 5.74. The third-order valence-corrected chi connectivity index (χ3v) is 4.09. The van der Waals surface area contributed by atoms with Gasteiger partial charge in [0, 0.05) is 18.7 Å². The van der Waals surface area contributed by atoms with Crippen molar-refractivity contribution in [2.24, 2.45) is 0 Å². The van der Waals surface area contributed by atoms with Gasteiger partial charge < -0.3 is 20.3 Å². The molecule has 0 bridgehead atoms. The number of phenols is 1. The van der Waals surface area contributed by atoms with Crippen LogP contribution in [0.5, 0.6) is 11.5 Å². The maximum absolute atomic E-state index is 10.5. The first-order valence-electron chi connectivity index (χ1n) is 7.42. The van der Waals surface area contributed by atoms with Crippen molar-refractivity contribution in [2.75, 3.05) is 13.7 Å². The normalized spacial score (nSPS) is 18.5. The molecule has 0 heterocycles. The topological polar surface area (TPSA) is 61.7 Å². The van der Waals surface area contributed by atoms with Gasteiger partial charge in [-0.25, -0.2) is 0 Å². The third kappa shape index (κ3) is 4.12. The van der Waals surface area contributed by atoms with E-state index in [1.54, 1.807) is 19.2 Å². The lowest BCUT2D eigenvalue weighted by molar-refractivity contribution is 0.0250. The van der Waals surface area contributed by atoms with E-state index in [0.717, 1.165) is 37.0 Å². The fourth-order valence-corrected chi connectivity index (χ4v) is 2.82. The van der Waals surface area contributed by atoms with E-state index in [4.69, 9.17) is 4.74 Å². The van der Waals surface area contributed by atoms with Crippen molar-refractivity contribution in [1.29, 1.82) is 0 Å². The van der Waals surface area contributed by atoms with Crippen LogP contribution < -0.4 is 10.1 Å². The van der Waals surface area contributed by atoms with Gasteiger partial charge in [-0.2, -0.15) is 0 Å². The summed E-state index contributed by atoms with van der Waals surface area (Å²) in [5.41, 5.74) is 0.201. The monoisotopic (exact) mass is 279 g/mol. The lowest BCUT2D eigenvalue weighted by atomic mass is 9.94. The number of benzene rings is 1. The Morgan fingerprint density at radius 1 is 1.20 bits per heavy atom. The Balaban J connectivity index is 1.88. The number of hydrogen-bond donors (Lipinski definition) is 3. The van der Waals surface area contributed by atoms with Crippen LogP contribution in [-0.2, 0) is 6.54 Å². The molecule has 112 valence electrons. The molecule has 0 unspecified atom stereocenters. The molecule has 1 aliphatic rings. The second kappa shape index (κ2) is 6.95. The molecule has 1 aromatic carbocycles. The summed E-state index contributed by atoms with van der Waals surface area (Å²) in [6.07, 6.45) is 6.37. The number of phenolic OH excluding ortho intramolecular Hbond substituents is 1. The van der Waals surface area contributed by atoms with E-state index in [1.807, 2.05) is 6.07 Å². The zero-order chi connectivity index (χ0) is 14.4. The van der Waals surface area contributed by atoms with Crippen molar-refractivity contribution in [3.63, 3.8) is 0 Å². The van der Waals surface area contributed by atoms with Gasteiger partial charge in [-0.3, -0.25) is 0 Å². The molecule has 4 heteroatoms. The van der Waals surface area contributed by atoms with Crippen molar-refractivity contribution < 1.29 is 14.9 Å². The second-order valence-corrected chi connectivity index (χ2v) is 5.74. The van der Waals surface area contributed by atoms with Gasteiger partial charge in [0.1, 0.15) is 11.5 Å². The average molecular weight is 279 g/mol. The largest absolute Gasteiger partial charge is 0.508 e. The molecule has 0 amide bonds. The highest BCUT2D eigenvalue weighted by Crippen LogP contribution is 2.27. The predicted molar refractivity (Wildman–Crippen MR) is 79.0 cm³/mol. The van der Waals surface area contributed by atoms with E-state index >= 15 is 0 Å². The van der Waals surface area contributed by atoms with E-state index in [-0.39, 0.29) is 5.75 Å². The van der Waals surface area contributed by atoms with Crippen LogP contribution in [0.2, 0.25) is 0 Å². The fourth-order valence-electron chi connectivity index (χ4n) is 2.82. The molecule has 0 radical (unpaired) electrons. The molecular weight excluding hydrogens is 254 g/mol. The molecule has 0 aliphatic heterocycles. The number of rotatable bonds is 5. The van der Waals surface area contributed by atoms with Gasteiger partial charge in [-0.05, 0) is 31.0 Å². The first-order chi connectivity index (χ1) is 9.63. The van der Waals surface area contributed by atoms with Crippen LogP contribution in [0, 0.1) is 0 Å². The molecule has 2 rings (SSSR count). The number of ether oxygens (including phenoxy) is 1. The lowest BCUT2D eigenvalue weighted by Crippen LogP contribution is -2.39. The molecule has 0 spiro atoms. The molecule has 1 aliphatic carbocycles. The summed E-state index contributed by atoms with van der Waals surface area (Å²) in [4.78, 5) is 0. The van der Waals surface area contributed by atoms with Crippen LogP contribution in [0.4, 0.5) is 0 Å². The van der Waals surface area contributed by atoms with Gasteiger partial charge >= 0.3 is 0 Å². The average Bonchev–Trinajstić information content (AvgIpc) is 2.66. The van der Waals surface area contributed by atoms with Gasteiger partial charge in [0.15, 0.2) is 0 Å². The third-order valence-electron chi connectivity index (χ3n) is 4.09. The lowest BCUT2D eigenvalue weighted by Gasteiger charge is -2.27. The number of hydrogen-bond acceptors (Lipinski definition) is 4. The molecule has 1 aromatic rings. The quantitative estimate of drug-likeness (QED) is 0.725. The van der Waals surface area contributed by atoms with Gasteiger partial charge in [0.2, 0.25) is 0 Å². The zero-order valence-electron chi connectivity index (χ0n) is 12.2. The summed E-state index contributed by atoms with van der Waals surface area (Å²) in [7, 11) is 1.61. The summed E-state index contributed by atoms with van der Waals surface area (Å²) in [5, 5.41) is 23.6. The van der Waals surface area contributed by atoms with E-state index in [0.29, 0.717) is 13.1 Å². The van der Waals surface area contributed by atoms with Crippen molar-refractivity contribution in [3.05, 3.63) is 23.8 Å². The van der Waals surface area contributed by atoms with Gasteiger partial charge in [-0.1, -0.05) is 25.7 Å². The van der Waals surface area contributed by atoms with Crippen LogP contribution in [0.1, 0.15) is 44.1 Å². The van der Waals surface area contributed by atoms with Crippen LogP contribution in [-0.4, -0.2) is 29.5 Å². The van der Waals surface area contributed by atoms with E-state index in [9.17, 15) is 10.2 Å². The maximum Gasteiger partial charge on any atom is 0.120 e. The Morgan fingerprint density at radius 3 is 2.55 bits per heavy atom. The first kappa shape index (κ1) is 15.1. The molecule has 20 heavy (non-hydrogen) atoms. The molecule has 4 nitrogen and oxygen atoms in total. The van der Waals surface area contributed by atoms with Crippen molar-refractivity contribution >= 4 is 0 Å². The molecule has 1 saturated carbocycles. The van der Waals surface area contributed by atoms with Crippen LogP contribution in [0.3, 0.4) is 0 Å². The van der Waals surface area contributed by atoms with Crippen LogP contribution >= 0.6 is 0 Å². The molecule has 3 N–H and O–H groups in total. The van der Waals surface area contributed by atoms with Gasteiger partial charge in [-0.15, -0.1) is 0 Å². The van der Waals surface area contributed by atoms with Crippen molar-refractivity contribution in [1.82, 2.24) is 5.32 Å². The Morgan fingerprint density at radius 2 is 1.90 bits per heavy atom. The minimum Gasteiger partial charge on any atom is -0.508 e. The Labute approximate surface area is 120 Å². The van der Waals surface area contributed by atoms with Gasteiger partial charge in [0.05, 0.1) is 12.7 Å².